The summed E-state index contributed by atoms with van der Waals surface area (Å²) in [6, 6.07) is 13.5. The minimum Gasteiger partial charge on any atom is -0.352 e. The van der Waals surface area contributed by atoms with Gasteiger partial charge in [-0.15, -0.1) is 0 Å². The molecule has 1 amide bonds. The highest BCUT2D eigenvalue weighted by molar-refractivity contribution is 6.30. The van der Waals surface area contributed by atoms with E-state index in [2.05, 4.69) is 5.32 Å². The van der Waals surface area contributed by atoms with Crippen molar-refractivity contribution in [3.8, 4) is 0 Å². The Morgan fingerprint density at radius 2 is 1.95 bits per heavy atom. The second-order valence-corrected chi connectivity index (χ2v) is 4.99. The molecule has 0 radical (unpaired) electrons. The normalized spacial score (nSPS) is 10.8. The van der Waals surface area contributed by atoms with Gasteiger partial charge in [-0.3, -0.25) is 4.79 Å². The minimum atomic E-state index is -0.293. The summed E-state index contributed by atoms with van der Waals surface area (Å²) in [5.41, 5.74) is 1.85. The van der Waals surface area contributed by atoms with E-state index in [4.69, 9.17) is 11.6 Å². The van der Waals surface area contributed by atoms with E-state index in [1.165, 1.54) is 18.2 Å². The van der Waals surface area contributed by atoms with Crippen LogP contribution in [0.5, 0.6) is 0 Å². The standard InChI is InChI=1S/C17H15ClFNO/c18-15-3-1-2-14(12-15)10-11-20-17(21)9-6-13-4-7-16(19)8-5-13/h1-9,12H,10-11H2,(H,20,21)/b9-6+. The zero-order valence-electron chi connectivity index (χ0n) is 11.4. The molecule has 108 valence electrons. The molecule has 0 fully saturated rings. The van der Waals surface area contributed by atoms with E-state index in [1.54, 1.807) is 18.2 Å². The van der Waals surface area contributed by atoms with E-state index in [0.29, 0.717) is 11.6 Å². The van der Waals surface area contributed by atoms with Crippen LogP contribution in [0.2, 0.25) is 5.02 Å². The van der Waals surface area contributed by atoms with Crippen molar-refractivity contribution in [1.82, 2.24) is 5.32 Å². The summed E-state index contributed by atoms with van der Waals surface area (Å²) in [5, 5.41) is 3.48. The van der Waals surface area contributed by atoms with E-state index in [1.807, 2.05) is 24.3 Å². The van der Waals surface area contributed by atoms with Crippen molar-refractivity contribution in [2.45, 2.75) is 6.42 Å². The molecular weight excluding hydrogens is 289 g/mol. The summed E-state index contributed by atoms with van der Waals surface area (Å²) >= 11 is 5.89. The topological polar surface area (TPSA) is 29.1 Å². The van der Waals surface area contributed by atoms with Crippen LogP contribution in [-0.2, 0) is 11.2 Å². The van der Waals surface area contributed by atoms with Crippen molar-refractivity contribution in [1.29, 1.82) is 0 Å². The van der Waals surface area contributed by atoms with Crippen LogP contribution in [0.25, 0.3) is 6.08 Å². The molecule has 2 nitrogen and oxygen atoms in total. The molecule has 0 saturated heterocycles. The quantitative estimate of drug-likeness (QED) is 0.835. The second-order valence-electron chi connectivity index (χ2n) is 4.56. The number of carbonyl (C=O) groups is 1. The molecule has 0 spiro atoms. The molecule has 0 aromatic heterocycles. The van der Waals surface area contributed by atoms with E-state index in [-0.39, 0.29) is 11.7 Å². The molecule has 2 aromatic rings. The Bertz CT molecular complexity index is 637. The van der Waals surface area contributed by atoms with Gasteiger partial charge in [0.15, 0.2) is 0 Å². The smallest absolute Gasteiger partial charge is 0.244 e. The van der Waals surface area contributed by atoms with Crippen molar-refractivity contribution in [3.05, 3.63) is 76.6 Å². The lowest BCUT2D eigenvalue weighted by atomic mass is 10.1. The van der Waals surface area contributed by atoms with Crippen LogP contribution in [0, 0.1) is 5.82 Å². The predicted molar refractivity (Wildman–Crippen MR) is 83.6 cm³/mol. The Labute approximate surface area is 128 Å². The minimum absolute atomic E-state index is 0.179. The Morgan fingerprint density at radius 3 is 2.67 bits per heavy atom. The molecule has 0 aliphatic rings. The first-order valence-electron chi connectivity index (χ1n) is 6.59. The van der Waals surface area contributed by atoms with Crippen LogP contribution in [-0.4, -0.2) is 12.5 Å². The Kier molecular flexibility index (Phi) is 5.52. The third kappa shape index (κ3) is 5.40. The van der Waals surface area contributed by atoms with Gasteiger partial charge < -0.3 is 5.32 Å². The SMILES string of the molecule is O=C(/C=C/c1ccc(F)cc1)NCCc1cccc(Cl)c1. The molecule has 0 atom stereocenters. The van der Waals surface area contributed by atoms with E-state index < -0.39 is 0 Å². The number of hydrogen-bond acceptors (Lipinski definition) is 1. The van der Waals surface area contributed by atoms with Gasteiger partial charge in [0.2, 0.25) is 5.91 Å². The van der Waals surface area contributed by atoms with Gasteiger partial charge in [0.05, 0.1) is 0 Å². The van der Waals surface area contributed by atoms with Crippen molar-refractivity contribution in [2.24, 2.45) is 0 Å². The summed E-state index contributed by atoms with van der Waals surface area (Å²) in [6.45, 7) is 0.535. The molecule has 0 aliphatic carbocycles. The van der Waals surface area contributed by atoms with Crippen molar-refractivity contribution in [3.63, 3.8) is 0 Å². The van der Waals surface area contributed by atoms with E-state index in [0.717, 1.165) is 17.5 Å². The van der Waals surface area contributed by atoms with Gasteiger partial charge in [0.1, 0.15) is 5.82 Å². The monoisotopic (exact) mass is 303 g/mol. The summed E-state index contributed by atoms with van der Waals surface area (Å²) in [5.74, 6) is -0.473. The molecule has 0 saturated carbocycles. The number of amides is 1. The fourth-order valence-electron chi connectivity index (χ4n) is 1.83. The predicted octanol–water partition coefficient (Wildman–Crippen LogP) is 3.85. The molecule has 0 aliphatic heterocycles. The number of nitrogens with one attached hydrogen (secondary N) is 1. The molecule has 2 aromatic carbocycles. The molecule has 1 N–H and O–H groups in total. The molecular formula is C17H15ClFNO. The number of benzene rings is 2. The molecule has 0 bridgehead atoms. The van der Waals surface area contributed by atoms with E-state index >= 15 is 0 Å². The fraction of sp³-hybridized carbons (Fsp3) is 0.118. The fourth-order valence-corrected chi connectivity index (χ4v) is 2.04. The average molecular weight is 304 g/mol. The van der Waals surface area contributed by atoms with Gasteiger partial charge >= 0.3 is 0 Å². The highest BCUT2D eigenvalue weighted by atomic mass is 35.5. The lowest BCUT2D eigenvalue weighted by Gasteiger charge is -2.03. The van der Waals surface area contributed by atoms with Crippen LogP contribution >= 0.6 is 11.6 Å². The third-order valence-corrected chi connectivity index (χ3v) is 3.13. The zero-order chi connectivity index (χ0) is 15.1. The lowest BCUT2D eigenvalue weighted by Crippen LogP contribution is -2.23. The third-order valence-electron chi connectivity index (χ3n) is 2.90. The van der Waals surface area contributed by atoms with Crippen LogP contribution < -0.4 is 5.32 Å². The molecule has 21 heavy (non-hydrogen) atoms. The maximum Gasteiger partial charge on any atom is 0.244 e. The van der Waals surface area contributed by atoms with Crippen LogP contribution in [0.1, 0.15) is 11.1 Å². The average Bonchev–Trinajstić information content (AvgIpc) is 2.47. The number of hydrogen-bond donors (Lipinski definition) is 1. The largest absolute Gasteiger partial charge is 0.352 e. The number of rotatable bonds is 5. The van der Waals surface area contributed by atoms with Crippen molar-refractivity contribution < 1.29 is 9.18 Å². The number of halogens is 2. The summed E-state index contributed by atoms with van der Waals surface area (Å²) in [6.07, 6.45) is 3.80. The molecule has 0 unspecified atom stereocenters. The molecule has 4 heteroatoms. The highest BCUT2D eigenvalue weighted by Gasteiger charge is 1.98. The van der Waals surface area contributed by atoms with Gasteiger partial charge in [-0.2, -0.15) is 0 Å². The Morgan fingerprint density at radius 1 is 1.19 bits per heavy atom. The highest BCUT2D eigenvalue weighted by Crippen LogP contribution is 2.10. The van der Waals surface area contributed by atoms with Crippen molar-refractivity contribution >= 4 is 23.6 Å². The van der Waals surface area contributed by atoms with Crippen LogP contribution in [0.3, 0.4) is 0 Å². The number of carbonyl (C=O) groups excluding carboxylic acids is 1. The van der Waals surface area contributed by atoms with Gasteiger partial charge in [0.25, 0.3) is 0 Å². The van der Waals surface area contributed by atoms with Crippen LogP contribution in [0.15, 0.2) is 54.6 Å². The van der Waals surface area contributed by atoms with E-state index in [9.17, 15) is 9.18 Å². The molecule has 2 rings (SSSR count). The second kappa shape index (κ2) is 7.60. The summed E-state index contributed by atoms with van der Waals surface area (Å²) in [4.78, 5) is 11.6. The summed E-state index contributed by atoms with van der Waals surface area (Å²) in [7, 11) is 0. The first-order chi connectivity index (χ1) is 10.1. The maximum absolute atomic E-state index is 12.7. The Balaban J connectivity index is 1.78. The maximum atomic E-state index is 12.7. The lowest BCUT2D eigenvalue weighted by molar-refractivity contribution is -0.116. The molecule has 0 heterocycles. The van der Waals surface area contributed by atoms with Gasteiger partial charge in [-0.1, -0.05) is 35.9 Å². The summed E-state index contributed by atoms with van der Waals surface area (Å²) < 4.78 is 12.7. The van der Waals surface area contributed by atoms with Crippen LogP contribution in [0.4, 0.5) is 4.39 Å². The zero-order valence-corrected chi connectivity index (χ0v) is 12.1. The first kappa shape index (κ1) is 15.3. The van der Waals surface area contributed by atoms with Gasteiger partial charge in [-0.05, 0) is 47.9 Å². The van der Waals surface area contributed by atoms with Gasteiger partial charge in [-0.25, -0.2) is 4.39 Å². The van der Waals surface area contributed by atoms with Gasteiger partial charge in [0, 0.05) is 17.6 Å². The van der Waals surface area contributed by atoms with Crippen molar-refractivity contribution in [2.75, 3.05) is 6.54 Å². The first-order valence-corrected chi connectivity index (χ1v) is 6.97. The Hall–Kier alpha value is -2.13.